The van der Waals surface area contributed by atoms with Crippen LogP contribution < -0.4 is 10.6 Å². The van der Waals surface area contributed by atoms with Crippen molar-refractivity contribution in [2.45, 2.75) is 115 Å². The Labute approximate surface area is 354 Å². The first-order valence-corrected chi connectivity index (χ1v) is 21.9. The standard InChI is InChI=1S/C47H54N8O6/c1-23(2)38(52-45(58)60-5)43(56)54-24(3)10-17-36(54)42-49-34-16-12-27-20-26(11-13-29(27)40(34)51-42)28-14-15-32(31-9-7-8-30(28)31)35-22-48-41(50-35)37-18-19-47-21-33(47)25(4)39(44(57)55(37)47)53-46(59)61-6/h11-16,20,22-25,33,36-39H,7-10,17-19,21H2,1-6H3,(H,48,50)(H,49,51)(H,52,58)(H,53,59)/t24-,25?,33?,36-,37-,38-,39-,47?/m0/s1. The number of likely N-dealkylation sites (tertiary alicyclic amines) is 1. The Hall–Kier alpha value is -5.92. The van der Waals surface area contributed by atoms with Gasteiger partial charge in [0, 0.05) is 22.5 Å². The van der Waals surface area contributed by atoms with Crippen molar-refractivity contribution in [1.29, 1.82) is 0 Å². The minimum Gasteiger partial charge on any atom is -0.453 e. The number of carbonyl (C=O) groups excluding carboxylic acids is 4. The predicted molar refractivity (Wildman–Crippen MR) is 229 cm³/mol. The maximum Gasteiger partial charge on any atom is 0.407 e. The van der Waals surface area contributed by atoms with Gasteiger partial charge in [-0.25, -0.2) is 19.6 Å². The minimum atomic E-state index is -0.708. The second-order valence-electron chi connectivity index (χ2n) is 18.4. The number of nitrogens with one attached hydrogen (secondary N) is 4. The summed E-state index contributed by atoms with van der Waals surface area (Å²) < 4.78 is 9.70. The number of imidazole rings is 2. The average Bonchev–Trinajstić information content (AvgIpc) is 3.92. The minimum absolute atomic E-state index is 0.00467. The molecular weight excluding hydrogens is 773 g/mol. The number of ether oxygens (including phenoxy) is 2. The summed E-state index contributed by atoms with van der Waals surface area (Å²) in [6.45, 7) is 7.96. The summed E-state index contributed by atoms with van der Waals surface area (Å²) in [5.74, 6) is 1.66. The first-order chi connectivity index (χ1) is 29.4. The van der Waals surface area contributed by atoms with E-state index >= 15 is 0 Å². The van der Waals surface area contributed by atoms with Crippen LogP contribution >= 0.6 is 0 Å². The summed E-state index contributed by atoms with van der Waals surface area (Å²) in [5, 5.41) is 7.70. The predicted octanol–water partition coefficient (Wildman–Crippen LogP) is 7.49. The lowest BCUT2D eigenvalue weighted by atomic mass is 9.88. The fourth-order valence-corrected chi connectivity index (χ4v) is 11.6. The number of aromatic nitrogens is 4. The Morgan fingerprint density at radius 2 is 1.67 bits per heavy atom. The lowest BCUT2D eigenvalue weighted by Gasteiger charge is -2.40. The molecule has 3 saturated heterocycles. The number of piperidine rings is 1. The molecule has 5 aromatic rings. The number of nitrogens with zero attached hydrogens (tertiary/aromatic N) is 4. The van der Waals surface area contributed by atoms with Gasteiger partial charge in [-0.1, -0.05) is 51.1 Å². The van der Waals surface area contributed by atoms with E-state index in [0.717, 1.165) is 102 Å². The summed E-state index contributed by atoms with van der Waals surface area (Å²) in [6.07, 6.45) is 8.10. The van der Waals surface area contributed by atoms with Crippen molar-refractivity contribution in [2.24, 2.45) is 17.8 Å². The summed E-state index contributed by atoms with van der Waals surface area (Å²) in [7, 11) is 2.63. The molecule has 3 aliphatic heterocycles. The van der Waals surface area contributed by atoms with Gasteiger partial charge < -0.3 is 39.9 Å². The highest BCUT2D eigenvalue weighted by molar-refractivity contribution is 6.05. The molecule has 0 radical (unpaired) electrons. The van der Waals surface area contributed by atoms with E-state index in [0.29, 0.717) is 5.92 Å². The third kappa shape index (κ3) is 6.18. The molecule has 14 heteroatoms. The quantitative estimate of drug-likeness (QED) is 0.125. The highest BCUT2D eigenvalue weighted by Gasteiger charge is 2.71. The van der Waals surface area contributed by atoms with Crippen molar-refractivity contribution in [3.8, 4) is 22.4 Å². The molecule has 4 fully saturated rings. The molecule has 5 aliphatic rings. The molecule has 8 atom stereocenters. The van der Waals surface area contributed by atoms with Crippen molar-refractivity contribution in [3.63, 3.8) is 0 Å². The second kappa shape index (κ2) is 14.6. The number of amides is 4. The summed E-state index contributed by atoms with van der Waals surface area (Å²) in [5.41, 5.74) is 8.83. The van der Waals surface area contributed by atoms with E-state index in [2.05, 4.69) is 76.9 Å². The van der Waals surface area contributed by atoms with E-state index in [9.17, 15) is 19.2 Å². The molecule has 3 aromatic carbocycles. The lowest BCUT2D eigenvalue weighted by molar-refractivity contribution is -0.142. The van der Waals surface area contributed by atoms with E-state index < -0.39 is 24.3 Å². The summed E-state index contributed by atoms with van der Waals surface area (Å²) in [4.78, 5) is 73.5. The van der Waals surface area contributed by atoms with Crippen LogP contribution in [0.5, 0.6) is 0 Å². The van der Waals surface area contributed by atoms with Gasteiger partial charge in [0.05, 0.1) is 49.2 Å². The van der Waals surface area contributed by atoms with Gasteiger partial charge >= 0.3 is 12.2 Å². The molecular formula is C47H54N8O6. The number of carbonyl (C=O) groups is 4. The molecule has 14 nitrogen and oxygen atoms in total. The van der Waals surface area contributed by atoms with Crippen LogP contribution in [-0.4, -0.2) is 91.6 Å². The van der Waals surface area contributed by atoms with Gasteiger partial charge in [0.1, 0.15) is 23.7 Å². The second-order valence-corrected chi connectivity index (χ2v) is 18.4. The van der Waals surface area contributed by atoms with E-state index in [-0.39, 0.29) is 47.3 Å². The van der Waals surface area contributed by atoms with E-state index in [4.69, 9.17) is 19.4 Å². The number of fused-ring (bicyclic) bond motifs is 4. The van der Waals surface area contributed by atoms with Crippen molar-refractivity contribution >= 4 is 45.8 Å². The Bertz CT molecular complexity index is 2620. The monoisotopic (exact) mass is 826 g/mol. The highest BCUT2D eigenvalue weighted by atomic mass is 16.5. The van der Waals surface area contributed by atoms with Gasteiger partial charge in [-0.15, -0.1) is 0 Å². The zero-order chi connectivity index (χ0) is 42.5. The van der Waals surface area contributed by atoms with Gasteiger partial charge in [-0.05, 0) is 116 Å². The van der Waals surface area contributed by atoms with Crippen molar-refractivity contribution < 1.29 is 28.7 Å². The third-order valence-electron chi connectivity index (χ3n) is 14.8. The molecule has 2 aliphatic carbocycles. The number of benzene rings is 3. The van der Waals surface area contributed by atoms with Gasteiger partial charge in [0.15, 0.2) is 0 Å². The maximum atomic E-state index is 14.0. The van der Waals surface area contributed by atoms with Gasteiger partial charge in [0.25, 0.3) is 0 Å². The largest absolute Gasteiger partial charge is 0.453 e. The molecule has 1 saturated carbocycles. The van der Waals surface area contributed by atoms with Crippen molar-refractivity contribution in [3.05, 3.63) is 71.4 Å². The van der Waals surface area contributed by atoms with Crippen molar-refractivity contribution in [2.75, 3.05) is 14.2 Å². The van der Waals surface area contributed by atoms with E-state index in [1.807, 2.05) is 29.8 Å². The average molecular weight is 827 g/mol. The molecule has 4 amide bonds. The third-order valence-corrected chi connectivity index (χ3v) is 14.8. The maximum absolute atomic E-state index is 14.0. The Kier molecular flexibility index (Phi) is 9.40. The fourth-order valence-electron chi connectivity index (χ4n) is 11.6. The highest BCUT2D eigenvalue weighted by Crippen LogP contribution is 2.65. The number of hydrogen-bond donors (Lipinski definition) is 4. The zero-order valence-electron chi connectivity index (χ0n) is 35.6. The molecule has 2 aromatic heterocycles. The van der Waals surface area contributed by atoms with Crippen LogP contribution in [0.25, 0.3) is 44.2 Å². The van der Waals surface area contributed by atoms with Crippen molar-refractivity contribution in [1.82, 2.24) is 40.4 Å². The molecule has 5 heterocycles. The van der Waals surface area contributed by atoms with Crippen LogP contribution in [0.15, 0.2) is 48.7 Å². The zero-order valence-corrected chi connectivity index (χ0v) is 35.6. The van der Waals surface area contributed by atoms with Crippen LogP contribution in [0.2, 0.25) is 0 Å². The van der Waals surface area contributed by atoms with Crippen LogP contribution in [0.4, 0.5) is 9.59 Å². The van der Waals surface area contributed by atoms with Gasteiger partial charge in [-0.3, -0.25) is 9.59 Å². The lowest BCUT2D eigenvalue weighted by Crippen LogP contribution is -2.59. The smallest absolute Gasteiger partial charge is 0.407 e. The van der Waals surface area contributed by atoms with Gasteiger partial charge in [-0.2, -0.15) is 0 Å². The topological polar surface area (TPSA) is 175 Å². The van der Waals surface area contributed by atoms with E-state index in [1.54, 1.807) is 0 Å². The molecule has 318 valence electrons. The summed E-state index contributed by atoms with van der Waals surface area (Å²) >= 11 is 0. The Balaban J connectivity index is 0.917. The number of rotatable bonds is 8. The first kappa shape index (κ1) is 39.2. The normalized spacial score (nSPS) is 27.0. The SMILES string of the molecule is COC(=O)N[C@H](C(=O)N1[C@@H](C)CC[C@H]1c1nc2c(ccc3cc(-c4ccc(-c5cnc([C@@H]6CCC78CC7C(C)[C@H](NC(=O)OC)C(=O)N68)[nH]5)c5c4CCC5)ccc32)[nH]1)C(C)C. The summed E-state index contributed by atoms with van der Waals surface area (Å²) in [6, 6.07) is 13.5. The van der Waals surface area contributed by atoms with E-state index in [1.165, 1.54) is 30.9 Å². The molecule has 1 spiro atoms. The Morgan fingerprint density at radius 1 is 0.902 bits per heavy atom. The number of methoxy groups -OCH3 is 2. The molecule has 61 heavy (non-hydrogen) atoms. The number of alkyl carbamates (subject to hydrolysis) is 2. The van der Waals surface area contributed by atoms with Crippen LogP contribution in [-0.2, 0) is 31.9 Å². The Morgan fingerprint density at radius 3 is 2.44 bits per heavy atom. The molecule has 4 N–H and O–H groups in total. The number of hydrogen-bond acceptors (Lipinski definition) is 8. The van der Waals surface area contributed by atoms with Crippen LogP contribution in [0.3, 0.4) is 0 Å². The first-order valence-electron chi connectivity index (χ1n) is 21.9. The molecule has 10 rings (SSSR count). The number of aromatic amines is 2. The van der Waals surface area contributed by atoms with Crippen LogP contribution in [0.1, 0.15) is 101 Å². The van der Waals surface area contributed by atoms with Gasteiger partial charge in [0.2, 0.25) is 11.8 Å². The molecule has 3 unspecified atom stereocenters. The number of H-pyrrole nitrogens is 2. The molecule has 0 bridgehead atoms. The van der Waals surface area contributed by atoms with Crippen LogP contribution in [0, 0.1) is 17.8 Å². The fraction of sp³-hybridized carbons (Fsp3) is 0.489.